The number of para-hydroxylation sites is 3. The molecule has 1 N–H and O–H groups in total. The molecule has 1 aliphatic heterocycles. The lowest BCUT2D eigenvalue weighted by Crippen LogP contribution is -2.53. The van der Waals surface area contributed by atoms with Gasteiger partial charge in [-0.2, -0.15) is 0 Å². The first-order chi connectivity index (χ1) is 14.5. The number of hydrogen-bond acceptors (Lipinski definition) is 4. The highest BCUT2D eigenvalue weighted by atomic mass is 16.5. The highest BCUT2D eigenvalue weighted by molar-refractivity contribution is 5.95. The van der Waals surface area contributed by atoms with Crippen molar-refractivity contribution in [2.24, 2.45) is 0 Å². The quantitative estimate of drug-likeness (QED) is 0.683. The number of piperazine rings is 1. The number of hydrogen-bond donors (Lipinski definition) is 1. The summed E-state index contributed by atoms with van der Waals surface area (Å²) >= 11 is 0. The van der Waals surface area contributed by atoms with Crippen molar-refractivity contribution in [3.05, 3.63) is 54.1 Å². The second kappa shape index (κ2) is 10.5. The smallest absolute Gasteiger partial charge is 0.241 e. The first-order valence-corrected chi connectivity index (χ1v) is 11.2. The van der Waals surface area contributed by atoms with Gasteiger partial charge >= 0.3 is 0 Å². The van der Waals surface area contributed by atoms with E-state index in [1.54, 1.807) is 0 Å². The maximum Gasteiger partial charge on any atom is 0.241 e. The molecule has 0 spiro atoms. The number of anilines is 2. The van der Waals surface area contributed by atoms with Gasteiger partial charge in [-0.25, -0.2) is 0 Å². The number of amides is 1. The third-order valence-electron chi connectivity index (χ3n) is 6.11. The van der Waals surface area contributed by atoms with Crippen molar-refractivity contribution in [2.45, 2.75) is 46.1 Å². The highest BCUT2D eigenvalue weighted by Crippen LogP contribution is 2.29. The van der Waals surface area contributed by atoms with Gasteiger partial charge in [0.15, 0.2) is 0 Å². The summed E-state index contributed by atoms with van der Waals surface area (Å²) in [5, 5.41) is 3.18. The van der Waals surface area contributed by atoms with Crippen LogP contribution in [0.4, 0.5) is 11.4 Å². The Balaban J connectivity index is 1.61. The minimum atomic E-state index is -0.167. The minimum Gasteiger partial charge on any atom is -0.492 e. The van der Waals surface area contributed by atoms with E-state index in [9.17, 15) is 4.79 Å². The molecule has 0 saturated carbocycles. The molecule has 0 bridgehead atoms. The van der Waals surface area contributed by atoms with Crippen LogP contribution in [-0.2, 0) is 4.79 Å². The first-order valence-electron chi connectivity index (χ1n) is 11.2. The molecule has 162 valence electrons. The van der Waals surface area contributed by atoms with Crippen LogP contribution in [0, 0.1) is 0 Å². The van der Waals surface area contributed by atoms with Crippen LogP contribution in [0.2, 0.25) is 0 Å². The number of nitrogens with zero attached hydrogens (tertiary/aromatic N) is 2. The average molecular weight is 410 g/mol. The minimum absolute atomic E-state index is 0.0638. The fourth-order valence-corrected chi connectivity index (χ4v) is 4.01. The SMILES string of the molecule is CCOc1ccccc1N1CCN([C@H](C)C(=O)Nc2ccccc2[C@@H](C)CC)CC1. The lowest BCUT2D eigenvalue weighted by molar-refractivity contribution is -0.120. The predicted molar refractivity (Wildman–Crippen MR) is 125 cm³/mol. The summed E-state index contributed by atoms with van der Waals surface area (Å²) in [6, 6.07) is 16.2. The largest absolute Gasteiger partial charge is 0.492 e. The second-order valence-corrected chi connectivity index (χ2v) is 7.99. The van der Waals surface area contributed by atoms with Crippen LogP contribution in [-0.4, -0.2) is 49.6 Å². The lowest BCUT2D eigenvalue weighted by atomic mass is 9.97. The van der Waals surface area contributed by atoms with Gasteiger partial charge in [0.05, 0.1) is 18.3 Å². The third-order valence-corrected chi connectivity index (χ3v) is 6.11. The number of carbonyl (C=O) groups excluding carboxylic acids is 1. The van der Waals surface area contributed by atoms with Gasteiger partial charge in [0.1, 0.15) is 5.75 Å². The first kappa shape index (κ1) is 22.2. The summed E-state index contributed by atoms with van der Waals surface area (Å²) in [7, 11) is 0. The van der Waals surface area contributed by atoms with E-state index in [4.69, 9.17) is 4.74 Å². The van der Waals surface area contributed by atoms with Crippen LogP contribution in [0.5, 0.6) is 5.75 Å². The van der Waals surface area contributed by atoms with E-state index in [1.165, 1.54) is 5.56 Å². The van der Waals surface area contributed by atoms with Gasteiger partial charge in [-0.1, -0.05) is 44.2 Å². The van der Waals surface area contributed by atoms with Crippen molar-refractivity contribution in [3.63, 3.8) is 0 Å². The molecule has 3 rings (SSSR count). The van der Waals surface area contributed by atoms with Crippen molar-refractivity contribution in [3.8, 4) is 5.75 Å². The zero-order valence-corrected chi connectivity index (χ0v) is 18.7. The topological polar surface area (TPSA) is 44.8 Å². The molecule has 0 aromatic heterocycles. The molecule has 0 aliphatic carbocycles. The zero-order valence-electron chi connectivity index (χ0n) is 18.7. The van der Waals surface area contributed by atoms with Crippen molar-refractivity contribution in [2.75, 3.05) is 43.0 Å². The Hall–Kier alpha value is -2.53. The fraction of sp³-hybridized carbons (Fsp3) is 0.480. The number of benzene rings is 2. The molecule has 1 heterocycles. The van der Waals surface area contributed by atoms with E-state index in [0.717, 1.165) is 49.7 Å². The Morgan fingerprint density at radius 2 is 1.67 bits per heavy atom. The summed E-state index contributed by atoms with van der Waals surface area (Å²) in [5.74, 6) is 1.42. The maximum absolute atomic E-state index is 13.0. The molecule has 1 fully saturated rings. The molecule has 2 aromatic carbocycles. The van der Waals surface area contributed by atoms with Gasteiger partial charge in [-0.05, 0) is 49.9 Å². The maximum atomic E-state index is 13.0. The van der Waals surface area contributed by atoms with E-state index in [1.807, 2.05) is 44.2 Å². The second-order valence-electron chi connectivity index (χ2n) is 7.99. The third kappa shape index (κ3) is 5.14. The molecule has 5 nitrogen and oxygen atoms in total. The Labute approximate surface area is 181 Å². The van der Waals surface area contributed by atoms with E-state index >= 15 is 0 Å². The summed E-state index contributed by atoms with van der Waals surface area (Å²) in [6.45, 7) is 12.5. The van der Waals surface area contributed by atoms with Crippen LogP contribution in [0.1, 0.15) is 45.6 Å². The van der Waals surface area contributed by atoms with E-state index in [-0.39, 0.29) is 11.9 Å². The fourth-order valence-electron chi connectivity index (χ4n) is 4.01. The van der Waals surface area contributed by atoms with Crippen molar-refractivity contribution >= 4 is 17.3 Å². The van der Waals surface area contributed by atoms with Crippen LogP contribution >= 0.6 is 0 Å². The van der Waals surface area contributed by atoms with Crippen molar-refractivity contribution < 1.29 is 9.53 Å². The monoisotopic (exact) mass is 409 g/mol. The Morgan fingerprint density at radius 1 is 1.00 bits per heavy atom. The van der Waals surface area contributed by atoms with Crippen LogP contribution < -0.4 is 15.0 Å². The molecule has 0 unspecified atom stereocenters. The molecule has 2 aromatic rings. The Bertz CT molecular complexity index is 831. The van der Waals surface area contributed by atoms with Gasteiger partial charge in [0.2, 0.25) is 5.91 Å². The Kier molecular flexibility index (Phi) is 7.75. The molecular weight excluding hydrogens is 374 g/mol. The zero-order chi connectivity index (χ0) is 21.5. The molecule has 5 heteroatoms. The summed E-state index contributed by atoms with van der Waals surface area (Å²) in [6.07, 6.45) is 1.05. The van der Waals surface area contributed by atoms with Gasteiger partial charge in [-0.3, -0.25) is 9.69 Å². The predicted octanol–water partition coefficient (Wildman–Crippen LogP) is 4.75. The molecule has 30 heavy (non-hydrogen) atoms. The summed E-state index contributed by atoms with van der Waals surface area (Å²) in [4.78, 5) is 17.6. The molecule has 0 radical (unpaired) electrons. The molecule has 1 saturated heterocycles. The normalized spacial score (nSPS) is 16.7. The van der Waals surface area contributed by atoms with Gasteiger partial charge in [0, 0.05) is 31.9 Å². The Morgan fingerprint density at radius 3 is 2.37 bits per heavy atom. The highest BCUT2D eigenvalue weighted by Gasteiger charge is 2.27. The van der Waals surface area contributed by atoms with Gasteiger partial charge in [-0.15, -0.1) is 0 Å². The lowest BCUT2D eigenvalue weighted by Gasteiger charge is -2.39. The summed E-state index contributed by atoms with van der Waals surface area (Å²) < 4.78 is 5.79. The number of nitrogens with one attached hydrogen (secondary N) is 1. The van der Waals surface area contributed by atoms with Crippen LogP contribution in [0.15, 0.2) is 48.5 Å². The average Bonchev–Trinajstić information content (AvgIpc) is 2.79. The van der Waals surface area contributed by atoms with E-state index in [2.05, 4.69) is 47.2 Å². The van der Waals surface area contributed by atoms with Crippen molar-refractivity contribution in [1.29, 1.82) is 0 Å². The van der Waals surface area contributed by atoms with Crippen molar-refractivity contribution in [1.82, 2.24) is 4.90 Å². The van der Waals surface area contributed by atoms with Crippen LogP contribution in [0.3, 0.4) is 0 Å². The van der Waals surface area contributed by atoms with Crippen LogP contribution in [0.25, 0.3) is 0 Å². The van der Waals surface area contributed by atoms with Gasteiger partial charge in [0.25, 0.3) is 0 Å². The standard InChI is InChI=1S/C25H35N3O2/c1-5-19(3)21-11-7-8-12-22(21)26-25(29)20(4)27-15-17-28(18-16-27)23-13-9-10-14-24(23)30-6-2/h7-14,19-20H,5-6,15-18H2,1-4H3,(H,26,29)/t19-,20+/m0/s1. The summed E-state index contributed by atoms with van der Waals surface area (Å²) in [5.41, 5.74) is 3.28. The number of rotatable bonds is 8. The molecule has 2 atom stereocenters. The number of ether oxygens (including phenoxy) is 1. The molecule has 1 amide bonds. The van der Waals surface area contributed by atoms with Gasteiger partial charge < -0.3 is 15.0 Å². The molecule has 1 aliphatic rings. The molecular formula is C25H35N3O2. The number of carbonyl (C=O) groups is 1. The van der Waals surface area contributed by atoms with E-state index in [0.29, 0.717) is 12.5 Å². The van der Waals surface area contributed by atoms with E-state index < -0.39 is 0 Å².